The number of amides is 1. The molecule has 1 atom stereocenters. The Balaban J connectivity index is 4.34. The van der Waals surface area contributed by atoms with Crippen molar-refractivity contribution < 1.29 is 14.3 Å². The van der Waals surface area contributed by atoms with Gasteiger partial charge in [-0.1, -0.05) is 0 Å². The van der Waals surface area contributed by atoms with Crippen LogP contribution in [0.15, 0.2) is 0 Å². The summed E-state index contributed by atoms with van der Waals surface area (Å²) in [6.45, 7) is 5.95. The number of rotatable bonds is 6. The molecule has 0 saturated carbocycles. The van der Waals surface area contributed by atoms with Gasteiger partial charge in [-0.05, 0) is 20.8 Å². The molecule has 0 heterocycles. The number of methoxy groups -OCH3 is 1. The predicted molar refractivity (Wildman–Crippen MR) is 57.1 cm³/mol. The zero-order chi connectivity index (χ0) is 12.0. The van der Waals surface area contributed by atoms with Gasteiger partial charge < -0.3 is 10.5 Å². The zero-order valence-electron chi connectivity index (χ0n) is 9.82. The average molecular weight is 216 g/mol. The standard InChI is InChI=1S/C10H20N2O3/c1-7(2)12(6-9(11)13)8(3)5-10(14)15-4/h7-8H,5-6H2,1-4H3,(H2,11,13). The normalized spacial score (nSPS) is 12.9. The number of nitrogens with two attached hydrogens (primary N) is 1. The minimum atomic E-state index is -0.389. The molecule has 88 valence electrons. The monoisotopic (exact) mass is 216 g/mol. The van der Waals surface area contributed by atoms with Crippen LogP contribution in [0.5, 0.6) is 0 Å². The quantitative estimate of drug-likeness (QED) is 0.641. The third-order valence-corrected chi connectivity index (χ3v) is 2.26. The Morgan fingerprint density at radius 2 is 1.87 bits per heavy atom. The first-order valence-corrected chi connectivity index (χ1v) is 4.99. The van der Waals surface area contributed by atoms with Gasteiger partial charge >= 0.3 is 5.97 Å². The molecule has 1 amide bonds. The summed E-state index contributed by atoms with van der Waals surface area (Å²) in [4.78, 5) is 23.8. The second-order valence-corrected chi connectivity index (χ2v) is 3.86. The second kappa shape index (κ2) is 6.40. The van der Waals surface area contributed by atoms with Crippen LogP contribution >= 0.6 is 0 Å². The van der Waals surface area contributed by atoms with Gasteiger partial charge in [0.05, 0.1) is 20.1 Å². The Kier molecular flexibility index (Phi) is 5.93. The van der Waals surface area contributed by atoms with Gasteiger partial charge in [0.15, 0.2) is 0 Å². The summed E-state index contributed by atoms with van der Waals surface area (Å²) in [6.07, 6.45) is 0.266. The summed E-state index contributed by atoms with van der Waals surface area (Å²) in [6, 6.07) is 0.113. The highest BCUT2D eigenvalue weighted by molar-refractivity contribution is 5.76. The van der Waals surface area contributed by atoms with Gasteiger partial charge in [0.2, 0.25) is 5.91 Å². The largest absolute Gasteiger partial charge is 0.469 e. The number of hydrogen-bond donors (Lipinski definition) is 1. The maximum Gasteiger partial charge on any atom is 0.307 e. The van der Waals surface area contributed by atoms with Crippen molar-refractivity contribution in [3.8, 4) is 0 Å². The number of primary amides is 1. The third kappa shape index (κ3) is 5.37. The lowest BCUT2D eigenvalue weighted by Gasteiger charge is -2.30. The highest BCUT2D eigenvalue weighted by Gasteiger charge is 2.21. The van der Waals surface area contributed by atoms with Gasteiger partial charge in [-0.15, -0.1) is 0 Å². The van der Waals surface area contributed by atoms with Crippen molar-refractivity contribution in [1.29, 1.82) is 0 Å². The van der Waals surface area contributed by atoms with E-state index in [2.05, 4.69) is 4.74 Å². The fourth-order valence-corrected chi connectivity index (χ4v) is 1.47. The molecule has 15 heavy (non-hydrogen) atoms. The first kappa shape index (κ1) is 13.9. The maximum atomic E-state index is 11.1. The summed E-state index contributed by atoms with van der Waals surface area (Å²) >= 11 is 0. The molecule has 0 spiro atoms. The fourth-order valence-electron chi connectivity index (χ4n) is 1.47. The molecule has 0 aromatic rings. The van der Waals surface area contributed by atoms with E-state index in [-0.39, 0.29) is 36.9 Å². The van der Waals surface area contributed by atoms with Gasteiger partial charge in [0.1, 0.15) is 0 Å². The summed E-state index contributed by atoms with van der Waals surface area (Å²) in [5.74, 6) is -0.668. The molecule has 1 unspecified atom stereocenters. The third-order valence-electron chi connectivity index (χ3n) is 2.26. The smallest absolute Gasteiger partial charge is 0.307 e. The van der Waals surface area contributed by atoms with Crippen molar-refractivity contribution in [2.45, 2.75) is 39.3 Å². The van der Waals surface area contributed by atoms with E-state index in [1.807, 2.05) is 25.7 Å². The van der Waals surface area contributed by atoms with Crippen LogP contribution in [-0.2, 0) is 14.3 Å². The Morgan fingerprint density at radius 3 is 2.20 bits per heavy atom. The van der Waals surface area contributed by atoms with Crippen LogP contribution in [0, 0.1) is 0 Å². The van der Waals surface area contributed by atoms with Crippen molar-refractivity contribution in [3.05, 3.63) is 0 Å². The van der Waals surface area contributed by atoms with E-state index in [4.69, 9.17) is 5.73 Å². The molecule has 0 aliphatic rings. The molecule has 0 fully saturated rings. The maximum absolute atomic E-state index is 11.1. The summed E-state index contributed by atoms with van der Waals surface area (Å²) in [5, 5.41) is 0. The lowest BCUT2D eigenvalue weighted by Crippen LogP contribution is -2.45. The van der Waals surface area contributed by atoms with Crippen molar-refractivity contribution >= 4 is 11.9 Å². The SMILES string of the molecule is COC(=O)CC(C)N(CC(N)=O)C(C)C. The Hall–Kier alpha value is -1.10. The van der Waals surface area contributed by atoms with E-state index in [0.717, 1.165) is 0 Å². The van der Waals surface area contributed by atoms with Crippen molar-refractivity contribution in [3.63, 3.8) is 0 Å². The Bertz CT molecular complexity index is 229. The second-order valence-electron chi connectivity index (χ2n) is 3.86. The highest BCUT2D eigenvalue weighted by Crippen LogP contribution is 2.08. The molecular weight excluding hydrogens is 196 g/mol. The van der Waals surface area contributed by atoms with E-state index in [1.165, 1.54) is 7.11 Å². The van der Waals surface area contributed by atoms with Crippen LogP contribution in [0.3, 0.4) is 0 Å². The number of carbonyl (C=O) groups is 2. The molecule has 0 saturated heterocycles. The lowest BCUT2D eigenvalue weighted by atomic mass is 10.1. The predicted octanol–water partition coefficient (Wildman–Crippen LogP) is 0.134. The molecule has 5 nitrogen and oxygen atoms in total. The average Bonchev–Trinajstić information content (AvgIpc) is 2.12. The van der Waals surface area contributed by atoms with Crippen molar-refractivity contribution in [2.75, 3.05) is 13.7 Å². The molecule has 0 aliphatic carbocycles. The van der Waals surface area contributed by atoms with E-state index >= 15 is 0 Å². The van der Waals surface area contributed by atoms with Crippen LogP contribution in [-0.4, -0.2) is 42.5 Å². The van der Waals surface area contributed by atoms with E-state index in [9.17, 15) is 9.59 Å². The van der Waals surface area contributed by atoms with Crippen molar-refractivity contribution in [2.24, 2.45) is 5.73 Å². The fraction of sp³-hybridized carbons (Fsp3) is 0.800. The van der Waals surface area contributed by atoms with Gasteiger partial charge in [-0.25, -0.2) is 0 Å². The summed E-state index contributed by atoms with van der Waals surface area (Å²) in [7, 11) is 1.35. The number of hydrogen-bond acceptors (Lipinski definition) is 4. The molecule has 5 heteroatoms. The van der Waals surface area contributed by atoms with Gasteiger partial charge in [-0.3, -0.25) is 14.5 Å². The summed E-state index contributed by atoms with van der Waals surface area (Å²) < 4.78 is 4.57. The van der Waals surface area contributed by atoms with Gasteiger partial charge in [0.25, 0.3) is 0 Å². The van der Waals surface area contributed by atoms with Crippen LogP contribution < -0.4 is 5.73 Å². The van der Waals surface area contributed by atoms with Crippen LogP contribution in [0.2, 0.25) is 0 Å². The number of nitrogens with zero attached hydrogens (tertiary/aromatic N) is 1. The molecule has 0 aromatic carbocycles. The molecule has 0 bridgehead atoms. The lowest BCUT2D eigenvalue weighted by molar-refractivity contribution is -0.142. The van der Waals surface area contributed by atoms with Crippen LogP contribution in [0.4, 0.5) is 0 Å². The molecule has 0 aromatic heterocycles. The molecule has 0 rings (SSSR count). The van der Waals surface area contributed by atoms with Crippen molar-refractivity contribution in [1.82, 2.24) is 4.90 Å². The Morgan fingerprint density at radius 1 is 1.33 bits per heavy atom. The van der Waals surface area contributed by atoms with Gasteiger partial charge in [0, 0.05) is 12.1 Å². The number of ether oxygens (including phenoxy) is 1. The molecule has 0 aliphatic heterocycles. The zero-order valence-corrected chi connectivity index (χ0v) is 9.82. The molecule has 2 N–H and O–H groups in total. The first-order chi connectivity index (χ1) is 6.88. The van der Waals surface area contributed by atoms with Crippen LogP contribution in [0.25, 0.3) is 0 Å². The van der Waals surface area contributed by atoms with Crippen LogP contribution in [0.1, 0.15) is 27.2 Å². The molecular formula is C10H20N2O3. The minimum absolute atomic E-state index is 0.0510. The summed E-state index contributed by atoms with van der Waals surface area (Å²) in [5.41, 5.74) is 5.14. The molecule has 0 radical (unpaired) electrons. The Labute approximate surface area is 90.6 Å². The van der Waals surface area contributed by atoms with E-state index in [0.29, 0.717) is 0 Å². The topological polar surface area (TPSA) is 72.6 Å². The van der Waals surface area contributed by atoms with E-state index < -0.39 is 0 Å². The van der Waals surface area contributed by atoms with Gasteiger partial charge in [-0.2, -0.15) is 0 Å². The minimum Gasteiger partial charge on any atom is -0.469 e. The number of esters is 1. The van der Waals surface area contributed by atoms with E-state index in [1.54, 1.807) is 0 Å². The number of carbonyl (C=O) groups excluding carboxylic acids is 2. The highest BCUT2D eigenvalue weighted by atomic mass is 16.5. The first-order valence-electron chi connectivity index (χ1n) is 4.99.